The van der Waals surface area contributed by atoms with E-state index in [2.05, 4.69) is 6.58 Å². The van der Waals surface area contributed by atoms with Crippen molar-refractivity contribution in [3.05, 3.63) is 12.3 Å². The van der Waals surface area contributed by atoms with Crippen LogP contribution in [0.4, 0.5) is 0 Å². The van der Waals surface area contributed by atoms with Crippen LogP contribution < -0.4 is 0 Å². The van der Waals surface area contributed by atoms with E-state index in [1.54, 1.807) is 48.6 Å². The van der Waals surface area contributed by atoms with Gasteiger partial charge in [0.1, 0.15) is 23.4 Å². The summed E-state index contributed by atoms with van der Waals surface area (Å²) in [7, 11) is 1.59. The first-order chi connectivity index (χ1) is 8.32. The number of nitrogens with zero attached hydrogens (tertiary/aromatic N) is 1. The fourth-order valence-electron chi connectivity index (χ4n) is 1.16. The molecule has 0 aliphatic heterocycles. The maximum Gasteiger partial charge on any atom is 0.354 e. The highest BCUT2D eigenvalue weighted by atomic mass is 16.6. The highest BCUT2D eigenvalue weighted by Gasteiger charge is 2.23. The number of rotatable bonds is 4. The molecule has 0 atom stereocenters. The molecule has 0 radical (unpaired) electrons. The zero-order valence-corrected chi connectivity index (χ0v) is 13.0. The van der Waals surface area contributed by atoms with Crippen LogP contribution >= 0.6 is 0 Å². The topological polar surface area (TPSA) is 55.8 Å². The van der Waals surface area contributed by atoms with Gasteiger partial charge in [-0.1, -0.05) is 6.58 Å². The Bertz CT molecular complexity index is 361. The predicted molar refractivity (Wildman–Crippen MR) is 73.5 cm³/mol. The Labute approximate surface area is 115 Å². The van der Waals surface area contributed by atoms with E-state index in [0.29, 0.717) is 0 Å². The molecule has 5 heteroatoms. The molecular weight excluding hydrogens is 246 g/mol. The summed E-state index contributed by atoms with van der Waals surface area (Å²) in [6.07, 6.45) is 0. The van der Waals surface area contributed by atoms with Gasteiger partial charge >= 0.3 is 11.9 Å². The number of carbonyl (C=O) groups is 2. The molecule has 0 unspecified atom stereocenters. The summed E-state index contributed by atoms with van der Waals surface area (Å²) in [5.74, 6) is -0.960. The van der Waals surface area contributed by atoms with E-state index in [0.717, 1.165) is 0 Å². The zero-order chi connectivity index (χ0) is 15.4. The van der Waals surface area contributed by atoms with Gasteiger partial charge in [0.25, 0.3) is 0 Å². The van der Waals surface area contributed by atoms with Crippen molar-refractivity contribution in [2.45, 2.75) is 52.7 Å². The van der Waals surface area contributed by atoms with Gasteiger partial charge in [0.2, 0.25) is 0 Å². The number of hydrogen-bond donors (Lipinski definition) is 0. The minimum absolute atomic E-state index is 0.0463. The lowest BCUT2D eigenvalue weighted by Crippen LogP contribution is -2.36. The van der Waals surface area contributed by atoms with Crippen LogP contribution in [0.25, 0.3) is 0 Å². The Hall–Kier alpha value is -1.52. The summed E-state index contributed by atoms with van der Waals surface area (Å²) in [5, 5.41) is 0. The van der Waals surface area contributed by atoms with Crippen LogP contribution in [-0.2, 0) is 19.1 Å². The maximum atomic E-state index is 11.8. The fraction of sp³-hybridized carbons (Fsp3) is 0.714. The number of esters is 2. The highest BCUT2D eigenvalue weighted by Crippen LogP contribution is 2.13. The van der Waals surface area contributed by atoms with Gasteiger partial charge in [-0.15, -0.1) is 0 Å². The summed E-state index contributed by atoms with van der Waals surface area (Å²) >= 11 is 0. The third-order valence-corrected chi connectivity index (χ3v) is 1.88. The van der Waals surface area contributed by atoms with Gasteiger partial charge in [-0.3, -0.25) is 4.79 Å². The normalized spacial score (nSPS) is 11.7. The van der Waals surface area contributed by atoms with Crippen molar-refractivity contribution >= 4 is 11.9 Å². The first kappa shape index (κ1) is 17.5. The van der Waals surface area contributed by atoms with Gasteiger partial charge in [-0.2, -0.15) is 0 Å². The molecule has 0 spiro atoms. The summed E-state index contributed by atoms with van der Waals surface area (Å²) < 4.78 is 10.3. The molecule has 0 aromatic rings. The van der Waals surface area contributed by atoms with Gasteiger partial charge in [0.15, 0.2) is 0 Å². The largest absolute Gasteiger partial charge is 0.459 e. The molecule has 110 valence electrons. The molecule has 0 bridgehead atoms. The number of hydrogen-bond acceptors (Lipinski definition) is 5. The SMILES string of the molecule is C=C(C(=O)OC(C)(C)C)N(C)CC(=O)OC(C)(C)C. The Morgan fingerprint density at radius 3 is 1.79 bits per heavy atom. The van der Waals surface area contributed by atoms with Crippen molar-refractivity contribution in [3.63, 3.8) is 0 Å². The average Bonchev–Trinajstić information content (AvgIpc) is 2.10. The van der Waals surface area contributed by atoms with Gasteiger partial charge in [0, 0.05) is 7.05 Å². The van der Waals surface area contributed by atoms with E-state index in [9.17, 15) is 9.59 Å². The fourth-order valence-corrected chi connectivity index (χ4v) is 1.16. The molecule has 5 nitrogen and oxygen atoms in total. The van der Waals surface area contributed by atoms with Gasteiger partial charge in [0.05, 0.1) is 0 Å². The molecule has 19 heavy (non-hydrogen) atoms. The number of carbonyl (C=O) groups excluding carboxylic acids is 2. The first-order valence-corrected chi connectivity index (χ1v) is 6.17. The van der Waals surface area contributed by atoms with E-state index in [-0.39, 0.29) is 12.2 Å². The van der Waals surface area contributed by atoms with Crippen LogP contribution in [0.3, 0.4) is 0 Å². The Morgan fingerprint density at radius 1 is 1.00 bits per heavy atom. The van der Waals surface area contributed by atoms with Crippen LogP contribution in [0.2, 0.25) is 0 Å². The summed E-state index contributed by atoms with van der Waals surface area (Å²) in [6, 6.07) is 0. The summed E-state index contributed by atoms with van der Waals surface area (Å²) in [6.45, 7) is 14.3. The Kier molecular flexibility index (Phi) is 5.60. The molecule has 0 heterocycles. The summed E-state index contributed by atoms with van der Waals surface area (Å²) in [4.78, 5) is 24.8. The quantitative estimate of drug-likeness (QED) is 0.579. The van der Waals surface area contributed by atoms with Crippen LogP contribution in [0.15, 0.2) is 12.3 Å². The predicted octanol–water partition coefficient (Wildman–Crippen LogP) is 2.12. The van der Waals surface area contributed by atoms with E-state index in [1.165, 1.54) is 4.90 Å². The van der Waals surface area contributed by atoms with Crippen LogP contribution in [-0.4, -0.2) is 41.6 Å². The lowest BCUT2D eigenvalue weighted by molar-refractivity contribution is -0.156. The lowest BCUT2D eigenvalue weighted by atomic mass is 10.2. The van der Waals surface area contributed by atoms with E-state index < -0.39 is 23.1 Å². The van der Waals surface area contributed by atoms with Gasteiger partial charge in [-0.25, -0.2) is 4.79 Å². The smallest absolute Gasteiger partial charge is 0.354 e. The zero-order valence-electron chi connectivity index (χ0n) is 13.0. The minimum atomic E-state index is -0.590. The van der Waals surface area contributed by atoms with E-state index in [4.69, 9.17) is 9.47 Å². The second-order valence-corrected chi connectivity index (χ2v) is 6.39. The second-order valence-electron chi connectivity index (χ2n) is 6.39. The van der Waals surface area contributed by atoms with E-state index in [1.807, 2.05) is 0 Å². The molecule has 0 saturated heterocycles. The minimum Gasteiger partial charge on any atom is -0.459 e. The Balaban J connectivity index is 4.43. The van der Waals surface area contributed by atoms with E-state index >= 15 is 0 Å². The molecule has 0 amide bonds. The lowest BCUT2D eigenvalue weighted by Gasteiger charge is -2.26. The average molecular weight is 271 g/mol. The molecule has 0 aliphatic carbocycles. The molecule has 0 fully saturated rings. The third kappa shape index (κ3) is 8.24. The van der Waals surface area contributed by atoms with Crippen molar-refractivity contribution in [2.24, 2.45) is 0 Å². The van der Waals surface area contributed by atoms with Gasteiger partial charge in [-0.05, 0) is 41.5 Å². The molecule has 0 N–H and O–H groups in total. The van der Waals surface area contributed by atoms with Crippen molar-refractivity contribution in [2.75, 3.05) is 13.6 Å². The monoisotopic (exact) mass is 271 g/mol. The van der Waals surface area contributed by atoms with Crippen molar-refractivity contribution in [1.29, 1.82) is 0 Å². The molecular formula is C14H25NO4. The number of ether oxygens (including phenoxy) is 2. The van der Waals surface area contributed by atoms with Gasteiger partial charge < -0.3 is 14.4 Å². The standard InChI is InChI=1S/C14H25NO4/c1-10(12(17)19-14(5,6)7)15(8)9-11(16)18-13(2,3)4/h1,9H2,2-8H3. The maximum absolute atomic E-state index is 11.8. The third-order valence-electron chi connectivity index (χ3n) is 1.88. The van der Waals surface area contributed by atoms with Crippen LogP contribution in [0.1, 0.15) is 41.5 Å². The first-order valence-electron chi connectivity index (χ1n) is 6.17. The molecule has 0 aromatic heterocycles. The van der Waals surface area contributed by atoms with Crippen LogP contribution in [0.5, 0.6) is 0 Å². The Morgan fingerprint density at radius 2 is 1.42 bits per heavy atom. The van der Waals surface area contributed by atoms with Crippen molar-refractivity contribution < 1.29 is 19.1 Å². The molecule has 0 aromatic carbocycles. The van der Waals surface area contributed by atoms with Crippen LogP contribution in [0, 0.1) is 0 Å². The summed E-state index contributed by atoms with van der Waals surface area (Å²) in [5.41, 5.74) is -1.02. The van der Waals surface area contributed by atoms with Crippen molar-refractivity contribution in [3.8, 4) is 0 Å². The second kappa shape index (κ2) is 6.08. The molecule has 0 rings (SSSR count). The number of likely N-dealkylation sites (N-methyl/N-ethyl adjacent to an activating group) is 1. The van der Waals surface area contributed by atoms with Crippen molar-refractivity contribution in [1.82, 2.24) is 4.90 Å². The highest BCUT2D eigenvalue weighted by molar-refractivity contribution is 5.88. The molecule has 0 aliphatic rings. The molecule has 0 saturated carbocycles.